The van der Waals surface area contributed by atoms with E-state index in [1.165, 1.54) is 0 Å². The highest BCUT2D eigenvalue weighted by molar-refractivity contribution is 7.91. The van der Waals surface area contributed by atoms with Crippen molar-refractivity contribution in [3.8, 4) is 11.4 Å². The lowest BCUT2D eigenvalue weighted by atomic mass is 10.2. The second-order valence-corrected chi connectivity index (χ2v) is 8.48. The van der Waals surface area contributed by atoms with Crippen molar-refractivity contribution in [2.75, 3.05) is 5.32 Å². The van der Waals surface area contributed by atoms with Crippen molar-refractivity contribution in [1.82, 2.24) is 25.1 Å². The molecule has 2 aromatic heterocycles. The van der Waals surface area contributed by atoms with Crippen molar-refractivity contribution < 1.29 is 17.7 Å². The number of carbonyl (C=O) groups excluding carboxylic acids is 1. The van der Waals surface area contributed by atoms with Crippen LogP contribution in [0.3, 0.4) is 0 Å². The molecule has 1 amide bonds. The van der Waals surface area contributed by atoms with Crippen LogP contribution in [0.25, 0.3) is 11.4 Å². The van der Waals surface area contributed by atoms with Crippen LogP contribution in [0.1, 0.15) is 19.2 Å². The minimum absolute atomic E-state index is 0.0672. The van der Waals surface area contributed by atoms with E-state index in [0.717, 1.165) is 11.3 Å². The lowest BCUT2D eigenvalue weighted by Gasteiger charge is -1.99. The maximum atomic E-state index is 12.3. The molecule has 0 bridgehead atoms. The zero-order chi connectivity index (χ0) is 19.4. The Hall–Kier alpha value is -2.41. The summed E-state index contributed by atoms with van der Waals surface area (Å²) in [6, 6.07) is 6.85. The maximum absolute atomic E-state index is 12.3. The number of amides is 1. The summed E-state index contributed by atoms with van der Waals surface area (Å²) >= 11 is 6.65. The van der Waals surface area contributed by atoms with E-state index in [-0.39, 0.29) is 40.1 Å². The quantitative estimate of drug-likeness (QED) is 0.545. The molecule has 0 saturated heterocycles. The van der Waals surface area contributed by atoms with Crippen LogP contribution in [0.15, 0.2) is 33.1 Å². The fourth-order valence-corrected chi connectivity index (χ4v) is 3.99. The fourth-order valence-electron chi connectivity index (χ4n) is 1.87. The van der Waals surface area contributed by atoms with Gasteiger partial charge in [0.15, 0.2) is 0 Å². The number of carbonyl (C=O) groups is 1. The molecule has 0 aliphatic carbocycles. The second-order valence-electron chi connectivity index (χ2n) is 5.12. The summed E-state index contributed by atoms with van der Waals surface area (Å²) < 4.78 is 31.6. The molecular formula is C14H13ClN6O4S2. The van der Waals surface area contributed by atoms with Gasteiger partial charge in [-0.3, -0.25) is 4.79 Å². The molecule has 0 fully saturated rings. The first kappa shape index (κ1) is 19.4. The number of nitrogens with one attached hydrogen (secondary N) is 2. The predicted molar refractivity (Wildman–Crippen MR) is 97.6 cm³/mol. The smallest absolute Gasteiger partial charge is 0.270 e. The zero-order valence-electron chi connectivity index (χ0n) is 13.8. The van der Waals surface area contributed by atoms with Crippen LogP contribution < -0.4 is 10.0 Å². The molecule has 0 spiro atoms. The summed E-state index contributed by atoms with van der Waals surface area (Å²) in [5.41, 5.74) is 0.640. The van der Waals surface area contributed by atoms with Crippen LogP contribution in [0.4, 0.5) is 5.13 Å². The van der Waals surface area contributed by atoms with Crippen molar-refractivity contribution in [2.45, 2.75) is 24.2 Å². The van der Waals surface area contributed by atoms with Gasteiger partial charge >= 0.3 is 0 Å². The molecule has 0 unspecified atom stereocenters. The third kappa shape index (κ3) is 4.86. The number of anilines is 1. The van der Waals surface area contributed by atoms with Gasteiger partial charge in [0.25, 0.3) is 10.0 Å². The number of benzene rings is 1. The Balaban J connectivity index is 1.66. The van der Waals surface area contributed by atoms with E-state index in [0.29, 0.717) is 10.6 Å². The van der Waals surface area contributed by atoms with Crippen molar-refractivity contribution in [1.29, 1.82) is 0 Å². The van der Waals surface area contributed by atoms with Gasteiger partial charge in [0.05, 0.1) is 6.54 Å². The minimum atomic E-state index is -3.95. The topological polar surface area (TPSA) is 140 Å². The van der Waals surface area contributed by atoms with E-state index in [1.807, 2.05) is 0 Å². The molecule has 0 radical (unpaired) electrons. The summed E-state index contributed by atoms with van der Waals surface area (Å²) in [4.78, 5) is 15.4. The molecule has 27 heavy (non-hydrogen) atoms. The normalized spacial score (nSPS) is 11.5. The lowest BCUT2D eigenvalue weighted by Crippen LogP contribution is -2.23. The minimum Gasteiger partial charge on any atom is -0.338 e. The van der Waals surface area contributed by atoms with Crippen molar-refractivity contribution in [3.63, 3.8) is 0 Å². The van der Waals surface area contributed by atoms with Crippen molar-refractivity contribution in [3.05, 3.63) is 35.2 Å². The summed E-state index contributed by atoms with van der Waals surface area (Å²) in [6.45, 7) is 1.43. The average molecular weight is 429 g/mol. The van der Waals surface area contributed by atoms with Gasteiger partial charge in [0.1, 0.15) is 0 Å². The number of nitrogens with zero attached hydrogens (tertiary/aromatic N) is 4. The van der Waals surface area contributed by atoms with Crippen LogP contribution in [-0.2, 0) is 21.4 Å². The molecular weight excluding hydrogens is 416 g/mol. The number of halogens is 1. The number of hydrogen-bond acceptors (Lipinski definition) is 9. The highest BCUT2D eigenvalue weighted by Crippen LogP contribution is 2.21. The van der Waals surface area contributed by atoms with E-state index < -0.39 is 10.0 Å². The molecule has 142 valence electrons. The summed E-state index contributed by atoms with van der Waals surface area (Å²) in [7, 11) is -3.95. The van der Waals surface area contributed by atoms with Gasteiger partial charge in [-0.15, -0.1) is 10.2 Å². The van der Waals surface area contributed by atoms with Crippen molar-refractivity contribution >= 4 is 44.0 Å². The van der Waals surface area contributed by atoms with Gasteiger partial charge in [-0.1, -0.05) is 47.2 Å². The van der Waals surface area contributed by atoms with Crippen LogP contribution in [0.5, 0.6) is 0 Å². The monoisotopic (exact) mass is 428 g/mol. The highest BCUT2D eigenvalue weighted by atomic mass is 35.5. The molecule has 13 heteroatoms. The van der Waals surface area contributed by atoms with Crippen LogP contribution in [-0.4, -0.2) is 34.7 Å². The van der Waals surface area contributed by atoms with Gasteiger partial charge in [0, 0.05) is 17.0 Å². The number of hydrogen-bond donors (Lipinski definition) is 2. The van der Waals surface area contributed by atoms with Gasteiger partial charge in [0.2, 0.25) is 27.1 Å². The Morgan fingerprint density at radius 1 is 1.33 bits per heavy atom. The Bertz CT molecular complexity index is 1070. The third-order valence-electron chi connectivity index (χ3n) is 3.17. The van der Waals surface area contributed by atoms with Gasteiger partial charge in [-0.2, -0.15) is 9.71 Å². The second kappa shape index (κ2) is 8.08. The molecule has 0 saturated carbocycles. The molecule has 0 atom stereocenters. The Morgan fingerprint density at radius 3 is 2.89 bits per heavy atom. The van der Waals surface area contributed by atoms with E-state index in [9.17, 15) is 13.2 Å². The molecule has 2 N–H and O–H groups in total. The first-order valence-corrected chi connectivity index (χ1v) is 10.3. The number of sulfonamides is 1. The first-order valence-electron chi connectivity index (χ1n) is 7.59. The van der Waals surface area contributed by atoms with Gasteiger partial charge in [-0.25, -0.2) is 8.42 Å². The Labute approximate surface area is 163 Å². The molecule has 10 nitrogen and oxygen atoms in total. The van der Waals surface area contributed by atoms with E-state index >= 15 is 0 Å². The van der Waals surface area contributed by atoms with E-state index in [4.69, 9.17) is 16.1 Å². The van der Waals surface area contributed by atoms with Crippen LogP contribution in [0, 0.1) is 0 Å². The average Bonchev–Trinajstić information content (AvgIpc) is 3.30. The van der Waals surface area contributed by atoms with Gasteiger partial charge in [-0.05, 0) is 12.1 Å². The molecule has 0 aliphatic rings. The van der Waals surface area contributed by atoms with Crippen LogP contribution >= 0.6 is 22.9 Å². The van der Waals surface area contributed by atoms with Crippen LogP contribution in [0.2, 0.25) is 5.02 Å². The van der Waals surface area contributed by atoms with Gasteiger partial charge < -0.3 is 9.84 Å². The summed E-state index contributed by atoms with van der Waals surface area (Å²) in [5.74, 6) is 0.0622. The van der Waals surface area contributed by atoms with E-state index in [2.05, 4.69) is 30.4 Å². The fraction of sp³-hybridized carbons (Fsp3) is 0.214. The summed E-state index contributed by atoms with van der Waals surface area (Å²) in [5, 5.41) is 14.1. The van der Waals surface area contributed by atoms with Crippen molar-refractivity contribution in [2.24, 2.45) is 0 Å². The Morgan fingerprint density at radius 2 is 2.15 bits per heavy atom. The standard InChI is InChI=1S/C14H13ClN6O4S2/c1-2-10(22)17-13-19-20-14(26-13)27(23,24)16-7-11-18-12(21-25-11)8-4-3-5-9(15)6-8/h3-6,16H,2,7H2,1H3,(H,17,19,22). The maximum Gasteiger partial charge on any atom is 0.270 e. The van der Waals surface area contributed by atoms with E-state index in [1.54, 1.807) is 31.2 Å². The molecule has 3 rings (SSSR count). The highest BCUT2D eigenvalue weighted by Gasteiger charge is 2.22. The number of rotatable bonds is 7. The molecule has 3 aromatic rings. The largest absolute Gasteiger partial charge is 0.338 e. The first-order chi connectivity index (χ1) is 12.9. The summed E-state index contributed by atoms with van der Waals surface area (Å²) in [6.07, 6.45) is 0.242. The molecule has 0 aliphatic heterocycles. The predicted octanol–water partition coefficient (Wildman–Crippen LogP) is 2.07. The zero-order valence-corrected chi connectivity index (χ0v) is 16.2. The Kier molecular flexibility index (Phi) is 5.79. The molecule has 2 heterocycles. The SMILES string of the molecule is CCC(=O)Nc1nnc(S(=O)(=O)NCc2nc(-c3cccc(Cl)c3)no2)s1. The number of aromatic nitrogens is 4. The lowest BCUT2D eigenvalue weighted by molar-refractivity contribution is -0.115. The third-order valence-corrected chi connectivity index (χ3v) is 6.01. The molecule has 1 aromatic carbocycles.